The second kappa shape index (κ2) is 8.06. The molecule has 1 amide bonds. The average Bonchev–Trinajstić information content (AvgIpc) is 3.41. The van der Waals surface area contributed by atoms with E-state index in [0.29, 0.717) is 22.0 Å². The van der Waals surface area contributed by atoms with Crippen LogP contribution in [0.5, 0.6) is 0 Å². The zero-order chi connectivity index (χ0) is 17.9. The number of amides is 1. The van der Waals surface area contributed by atoms with Crippen LogP contribution in [0.1, 0.15) is 28.9 Å². The van der Waals surface area contributed by atoms with E-state index in [1.807, 2.05) is 16.7 Å². The number of carbonyl (C=O) groups excluding carboxylic acids is 1. The monoisotopic (exact) mass is 392 g/mol. The molecule has 0 radical (unpaired) electrons. The van der Waals surface area contributed by atoms with Gasteiger partial charge in [0.2, 0.25) is 0 Å². The van der Waals surface area contributed by atoms with Crippen molar-refractivity contribution in [3.8, 4) is 10.6 Å². The van der Waals surface area contributed by atoms with Crippen LogP contribution in [-0.2, 0) is 4.74 Å². The molecular formula is C19H21FN2O2S2. The molecule has 4 rings (SSSR count). The van der Waals surface area contributed by atoms with E-state index in [2.05, 4.69) is 4.98 Å². The Kier molecular flexibility index (Phi) is 5.57. The second-order valence-electron chi connectivity index (χ2n) is 6.62. The van der Waals surface area contributed by atoms with Crippen molar-refractivity contribution in [2.24, 2.45) is 0 Å². The Morgan fingerprint density at radius 3 is 2.96 bits per heavy atom. The number of nitrogens with zero attached hydrogens (tertiary/aromatic N) is 2. The Hall–Kier alpha value is -1.44. The smallest absolute Gasteiger partial charge is 0.265 e. The van der Waals surface area contributed by atoms with Crippen LogP contribution >= 0.6 is 23.1 Å². The first kappa shape index (κ1) is 17.9. The van der Waals surface area contributed by atoms with Gasteiger partial charge >= 0.3 is 0 Å². The predicted octanol–water partition coefficient (Wildman–Crippen LogP) is 4.08. The number of halogens is 1. The molecule has 26 heavy (non-hydrogen) atoms. The molecule has 2 atom stereocenters. The Bertz CT molecular complexity index is 770. The van der Waals surface area contributed by atoms with Gasteiger partial charge in [0.1, 0.15) is 15.7 Å². The van der Waals surface area contributed by atoms with Crippen molar-refractivity contribution >= 4 is 29.0 Å². The third-order valence-electron chi connectivity index (χ3n) is 4.85. The van der Waals surface area contributed by atoms with Crippen LogP contribution in [0.25, 0.3) is 10.6 Å². The van der Waals surface area contributed by atoms with Crippen LogP contribution in [0, 0.1) is 5.82 Å². The molecule has 0 spiro atoms. The van der Waals surface area contributed by atoms with E-state index >= 15 is 0 Å². The van der Waals surface area contributed by atoms with Gasteiger partial charge in [0.05, 0.1) is 12.3 Å². The molecule has 4 nitrogen and oxygen atoms in total. The van der Waals surface area contributed by atoms with Crippen molar-refractivity contribution in [2.75, 3.05) is 24.7 Å². The molecular weight excluding hydrogens is 371 g/mol. The standard InChI is InChI=1S/C19H21FN2O2S2/c20-16-6-2-1-5-15(16)18-21-10-17(26-18)19(23)22(13-7-9-25-12-13)11-14-4-3-8-24-14/h1-2,5-6,10,13-14H,3-4,7-9,11-12H2. The summed E-state index contributed by atoms with van der Waals surface area (Å²) < 4.78 is 19.8. The van der Waals surface area contributed by atoms with E-state index in [4.69, 9.17) is 4.74 Å². The van der Waals surface area contributed by atoms with Gasteiger partial charge < -0.3 is 9.64 Å². The Balaban J connectivity index is 1.56. The molecule has 0 N–H and O–H groups in total. The first-order chi connectivity index (χ1) is 12.7. The van der Waals surface area contributed by atoms with E-state index in [1.54, 1.807) is 24.4 Å². The highest BCUT2D eigenvalue weighted by Gasteiger charge is 2.32. The van der Waals surface area contributed by atoms with Crippen molar-refractivity contribution in [1.82, 2.24) is 9.88 Å². The van der Waals surface area contributed by atoms with Gasteiger partial charge in [-0.05, 0) is 37.1 Å². The molecule has 3 heterocycles. The van der Waals surface area contributed by atoms with E-state index < -0.39 is 0 Å². The number of thioether (sulfide) groups is 1. The van der Waals surface area contributed by atoms with Gasteiger partial charge in [0.15, 0.2) is 0 Å². The second-order valence-corrected chi connectivity index (χ2v) is 8.80. The lowest BCUT2D eigenvalue weighted by Crippen LogP contribution is -2.44. The van der Waals surface area contributed by atoms with Crippen LogP contribution < -0.4 is 0 Å². The fourth-order valence-electron chi connectivity index (χ4n) is 3.45. The van der Waals surface area contributed by atoms with Crippen LogP contribution in [0.3, 0.4) is 0 Å². The van der Waals surface area contributed by atoms with E-state index in [9.17, 15) is 9.18 Å². The third kappa shape index (κ3) is 3.80. The van der Waals surface area contributed by atoms with Crippen molar-refractivity contribution in [3.05, 3.63) is 41.2 Å². The molecule has 2 saturated heterocycles. The Morgan fingerprint density at radius 1 is 1.35 bits per heavy atom. The molecule has 0 aliphatic carbocycles. The molecule has 0 bridgehead atoms. The Labute approximate surface area is 160 Å². The predicted molar refractivity (Wildman–Crippen MR) is 103 cm³/mol. The highest BCUT2D eigenvalue weighted by atomic mass is 32.2. The summed E-state index contributed by atoms with van der Waals surface area (Å²) in [4.78, 5) is 20.0. The maximum atomic E-state index is 14.0. The molecule has 0 saturated carbocycles. The van der Waals surface area contributed by atoms with Crippen LogP contribution in [0.2, 0.25) is 0 Å². The maximum absolute atomic E-state index is 14.0. The number of aromatic nitrogens is 1. The summed E-state index contributed by atoms with van der Waals surface area (Å²) in [7, 11) is 0. The first-order valence-electron chi connectivity index (χ1n) is 8.93. The zero-order valence-corrected chi connectivity index (χ0v) is 16.0. The lowest BCUT2D eigenvalue weighted by Gasteiger charge is -2.30. The molecule has 2 aliphatic rings. The molecule has 2 fully saturated rings. The lowest BCUT2D eigenvalue weighted by atomic mass is 10.1. The van der Waals surface area contributed by atoms with Crippen molar-refractivity contribution < 1.29 is 13.9 Å². The summed E-state index contributed by atoms with van der Waals surface area (Å²) in [5.41, 5.74) is 0.443. The Morgan fingerprint density at radius 2 is 2.23 bits per heavy atom. The van der Waals surface area contributed by atoms with Crippen LogP contribution in [0.4, 0.5) is 4.39 Å². The topological polar surface area (TPSA) is 42.4 Å². The number of thiazole rings is 1. The average molecular weight is 393 g/mol. The zero-order valence-electron chi connectivity index (χ0n) is 14.4. The third-order valence-corrected chi connectivity index (χ3v) is 7.02. The summed E-state index contributed by atoms with van der Waals surface area (Å²) in [6.07, 6.45) is 4.79. The normalized spacial score (nSPS) is 22.7. The van der Waals surface area contributed by atoms with Gasteiger partial charge in [0, 0.05) is 30.5 Å². The summed E-state index contributed by atoms with van der Waals surface area (Å²) in [6.45, 7) is 1.42. The van der Waals surface area contributed by atoms with Gasteiger partial charge in [-0.25, -0.2) is 9.37 Å². The summed E-state index contributed by atoms with van der Waals surface area (Å²) in [5, 5.41) is 0.546. The van der Waals surface area contributed by atoms with Gasteiger partial charge in [0.25, 0.3) is 5.91 Å². The van der Waals surface area contributed by atoms with Crippen molar-refractivity contribution in [3.63, 3.8) is 0 Å². The molecule has 1 aromatic heterocycles. The quantitative estimate of drug-likeness (QED) is 0.769. The maximum Gasteiger partial charge on any atom is 0.265 e. The highest BCUT2D eigenvalue weighted by Crippen LogP contribution is 2.30. The minimum atomic E-state index is -0.316. The molecule has 2 aromatic rings. The van der Waals surface area contributed by atoms with Crippen molar-refractivity contribution in [2.45, 2.75) is 31.4 Å². The fraction of sp³-hybridized carbons (Fsp3) is 0.474. The highest BCUT2D eigenvalue weighted by molar-refractivity contribution is 7.99. The van der Waals surface area contributed by atoms with Gasteiger partial charge in [-0.3, -0.25) is 4.79 Å². The number of ether oxygens (including phenoxy) is 1. The minimum absolute atomic E-state index is 0.00640. The van der Waals surface area contributed by atoms with Gasteiger partial charge in [-0.1, -0.05) is 12.1 Å². The number of hydrogen-bond acceptors (Lipinski definition) is 5. The molecule has 1 aromatic carbocycles. The number of hydrogen-bond donors (Lipinski definition) is 0. The summed E-state index contributed by atoms with van der Waals surface area (Å²) >= 11 is 3.15. The molecule has 2 aliphatic heterocycles. The van der Waals surface area contributed by atoms with E-state index in [1.165, 1.54) is 17.4 Å². The largest absolute Gasteiger partial charge is 0.376 e. The first-order valence-corrected chi connectivity index (χ1v) is 10.9. The van der Waals surface area contributed by atoms with Gasteiger partial charge in [-0.15, -0.1) is 11.3 Å². The molecule has 7 heteroatoms. The number of benzene rings is 1. The van der Waals surface area contributed by atoms with Crippen LogP contribution in [-0.4, -0.2) is 52.6 Å². The lowest BCUT2D eigenvalue weighted by molar-refractivity contribution is 0.0445. The SMILES string of the molecule is O=C(c1cnc(-c2ccccc2F)s1)N(CC1CCCO1)C1CCSC1. The van der Waals surface area contributed by atoms with Crippen LogP contribution in [0.15, 0.2) is 30.5 Å². The van der Waals surface area contributed by atoms with Gasteiger partial charge in [-0.2, -0.15) is 11.8 Å². The molecule has 138 valence electrons. The minimum Gasteiger partial charge on any atom is -0.376 e. The summed E-state index contributed by atoms with van der Waals surface area (Å²) in [5.74, 6) is 1.73. The van der Waals surface area contributed by atoms with Crippen molar-refractivity contribution in [1.29, 1.82) is 0 Å². The number of rotatable bonds is 5. The summed E-state index contributed by atoms with van der Waals surface area (Å²) in [6, 6.07) is 6.79. The van der Waals surface area contributed by atoms with E-state index in [-0.39, 0.29) is 23.9 Å². The molecule has 2 unspecified atom stereocenters. The number of carbonyl (C=O) groups is 1. The van der Waals surface area contributed by atoms with E-state index in [0.717, 1.165) is 37.4 Å². The fourth-order valence-corrected chi connectivity index (χ4v) is 5.57.